The molecule has 2 N–H and O–H groups in total. The summed E-state index contributed by atoms with van der Waals surface area (Å²) in [4.78, 5) is 0. The van der Waals surface area contributed by atoms with E-state index in [1.807, 2.05) is 11.8 Å². The minimum atomic E-state index is -0.125. The summed E-state index contributed by atoms with van der Waals surface area (Å²) in [6.07, 6.45) is 2.10. The Labute approximate surface area is 106 Å². The molecule has 0 bridgehead atoms. The molecule has 0 aliphatic heterocycles. The quantitative estimate of drug-likeness (QED) is 0.704. The molecule has 0 spiro atoms. The predicted molar refractivity (Wildman–Crippen MR) is 73.4 cm³/mol. The Morgan fingerprint density at radius 3 is 2.94 bits per heavy atom. The Hall–Kier alpha value is -0.0300. The van der Waals surface area contributed by atoms with Gasteiger partial charge in [-0.1, -0.05) is 13.0 Å². The van der Waals surface area contributed by atoms with Crippen LogP contribution >= 0.6 is 23.1 Å². The number of hydrogen-bond donors (Lipinski definition) is 2. The van der Waals surface area contributed by atoms with E-state index in [0.29, 0.717) is 0 Å². The van der Waals surface area contributed by atoms with Crippen molar-refractivity contribution in [3.05, 3.63) is 17.5 Å². The van der Waals surface area contributed by atoms with Crippen LogP contribution in [0.5, 0.6) is 0 Å². The third-order valence-electron chi connectivity index (χ3n) is 2.54. The first-order valence-corrected chi connectivity index (χ1v) is 7.59. The molecular weight excluding hydrogens is 238 g/mol. The summed E-state index contributed by atoms with van der Waals surface area (Å²) in [6.45, 7) is 5.42. The van der Waals surface area contributed by atoms with Crippen LogP contribution in [0.4, 0.5) is 0 Å². The molecule has 0 fully saturated rings. The molecule has 1 atom stereocenters. The standard InChI is InChI=1S/C12H21NOS2/c1-3-7-13-12(2,10-14)6-9-16-11-5-4-8-15-11/h4-5,8,13-14H,3,6-7,9-10H2,1-2H3. The van der Waals surface area contributed by atoms with Gasteiger partial charge in [-0.05, 0) is 37.8 Å². The molecule has 1 heterocycles. The highest BCUT2D eigenvalue weighted by atomic mass is 32.2. The molecule has 0 radical (unpaired) electrons. The lowest BCUT2D eigenvalue weighted by Gasteiger charge is -2.28. The molecule has 4 heteroatoms. The van der Waals surface area contributed by atoms with E-state index in [1.54, 1.807) is 11.3 Å². The lowest BCUT2D eigenvalue weighted by Crippen LogP contribution is -2.46. The first-order valence-electron chi connectivity index (χ1n) is 5.72. The fourth-order valence-electron chi connectivity index (χ4n) is 1.37. The molecule has 0 saturated heterocycles. The van der Waals surface area contributed by atoms with Gasteiger partial charge < -0.3 is 10.4 Å². The molecule has 2 nitrogen and oxygen atoms in total. The number of rotatable bonds is 8. The second-order valence-electron chi connectivity index (χ2n) is 4.18. The van der Waals surface area contributed by atoms with Crippen molar-refractivity contribution in [1.29, 1.82) is 0 Å². The van der Waals surface area contributed by atoms with E-state index in [4.69, 9.17) is 0 Å². The number of aliphatic hydroxyl groups excluding tert-OH is 1. The van der Waals surface area contributed by atoms with Gasteiger partial charge in [0.25, 0.3) is 0 Å². The Morgan fingerprint density at radius 1 is 1.56 bits per heavy atom. The van der Waals surface area contributed by atoms with Crippen LogP contribution in [0.1, 0.15) is 26.7 Å². The molecule has 1 rings (SSSR count). The molecule has 1 aromatic heterocycles. The van der Waals surface area contributed by atoms with E-state index in [9.17, 15) is 5.11 Å². The molecule has 0 aliphatic carbocycles. The fourth-order valence-corrected chi connectivity index (χ4v) is 3.44. The van der Waals surface area contributed by atoms with Gasteiger partial charge in [-0.15, -0.1) is 23.1 Å². The van der Waals surface area contributed by atoms with E-state index < -0.39 is 0 Å². The maximum Gasteiger partial charge on any atom is 0.0610 e. The van der Waals surface area contributed by atoms with Gasteiger partial charge in [0.1, 0.15) is 0 Å². The molecule has 0 saturated carbocycles. The second-order valence-corrected chi connectivity index (χ2v) is 6.52. The Kier molecular flexibility index (Phi) is 6.43. The Bertz CT molecular complexity index is 277. The monoisotopic (exact) mass is 259 g/mol. The lowest BCUT2D eigenvalue weighted by molar-refractivity contribution is 0.171. The molecule has 0 aromatic carbocycles. The van der Waals surface area contributed by atoms with Crippen LogP contribution < -0.4 is 5.32 Å². The number of nitrogens with one attached hydrogen (secondary N) is 1. The summed E-state index contributed by atoms with van der Waals surface area (Å²) in [6, 6.07) is 4.22. The maximum atomic E-state index is 9.40. The van der Waals surface area contributed by atoms with Gasteiger partial charge in [0, 0.05) is 11.3 Å². The SMILES string of the molecule is CCCNC(C)(CO)CCSc1cccs1. The molecular formula is C12H21NOS2. The molecule has 0 aliphatic rings. The maximum absolute atomic E-state index is 9.40. The van der Waals surface area contributed by atoms with Crippen LogP contribution in [0.15, 0.2) is 21.7 Å². The van der Waals surface area contributed by atoms with Gasteiger partial charge in [-0.25, -0.2) is 0 Å². The molecule has 0 amide bonds. The van der Waals surface area contributed by atoms with Crippen LogP contribution in [0, 0.1) is 0 Å². The molecule has 1 aromatic rings. The van der Waals surface area contributed by atoms with Crippen molar-refractivity contribution in [2.24, 2.45) is 0 Å². The summed E-state index contributed by atoms with van der Waals surface area (Å²) >= 11 is 3.65. The van der Waals surface area contributed by atoms with Gasteiger partial charge in [-0.2, -0.15) is 0 Å². The number of thioether (sulfide) groups is 1. The van der Waals surface area contributed by atoms with E-state index in [-0.39, 0.29) is 12.1 Å². The first-order chi connectivity index (χ1) is 7.70. The van der Waals surface area contributed by atoms with Gasteiger partial charge in [0.05, 0.1) is 10.8 Å². The van der Waals surface area contributed by atoms with Crippen molar-refractivity contribution in [3.8, 4) is 0 Å². The largest absolute Gasteiger partial charge is 0.394 e. The van der Waals surface area contributed by atoms with E-state index in [0.717, 1.165) is 25.1 Å². The van der Waals surface area contributed by atoms with Crippen molar-refractivity contribution in [3.63, 3.8) is 0 Å². The van der Waals surface area contributed by atoms with Gasteiger partial charge >= 0.3 is 0 Å². The summed E-state index contributed by atoms with van der Waals surface area (Å²) in [7, 11) is 0. The van der Waals surface area contributed by atoms with Crippen LogP contribution in [0.2, 0.25) is 0 Å². The van der Waals surface area contributed by atoms with Crippen LogP contribution in [0.3, 0.4) is 0 Å². The van der Waals surface area contributed by atoms with Crippen LogP contribution in [-0.2, 0) is 0 Å². The van der Waals surface area contributed by atoms with Crippen molar-refractivity contribution >= 4 is 23.1 Å². The summed E-state index contributed by atoms with van der Waals surface area (Å²) < 4.78 is 1.36. The van der Waals surface area contributed by atoms with Gasteiger partial charge in [-0.3, -0.25) is 0 Å². The van der Waals surface area contributed by atoms with Crippen molar-refractivity contribution in [2.75, 3.05) is 18.9 Å². The predicted octanol–water partition coefficient (Wildman–Crippen LogP) is 2.98. The van der Waals surface area contributed by atoms with Crippen LogP contribution in [0.25, 0.3) is 0 Å². The van der Waals surface area contributed by atoms with Crippen molar-refractivity contribution < 1.29 is 5.11 Å². The fraction of sp³-hybridized carbons (Fsp3) is 0.667. The number of aliphatic hydroxyl groups is 1. The molecule has 92 valence electrons. The zero-order chi connectivity index (χ0) is 11.9. The highest BCUT2D eigenvalue weighted by Crippen LogP contribution is 2.25. The van der Waals surface area contributed by atoms with Crippen molar-refractivity contribution in [2.45, 2.75) is 36.4 Å². The number of hydrogen-bond acceptors (Lipinski definition) is 4. The average molecular weight is 259 g/mol. The van der Waals surface area contributed by atoms with E-state index in [1.165, 1.54) is 4.21 Å². The van der Waals surface area contributed by atoms with E-state index in [2.05, 4.69) is 36.7 Å². The van der Waals surface area contributed by atoms with Crippen LogP contribution in [-0.4, -0.2) is 29.5 Å². The second kappa shape index (κ2) is 7.33. The average Bonchev–Trinajstić information content (AvgIpc) is 2.79. The number of thiophene rings is 1. The summed E-state index contributed by atoms with van der Waals surface area (Å²) in [5.41, 5.74) is -0.125. The minimum Gasteiger partial charge on any atom is -0.394 e. The topological polar surface area (TPSA) is 32.3 Å². The third kappa shape index (κ3) is 4.87. The zero-order valence-electron chi connectivity index (χ0n) is 10.0. The summed E-state index contributed by atoms with van der Waals surface area (Å²) in [5.74, 6) is 1.05. The molecule has 1 unspecified atom stereocenters. The van der Waals surface area contributed by atoms with Gasteiger partial charge in [0.2, 0.25) is 0 Å². The van der Waals surface area contributed by atoms with E-state index >= 15 is 0 Å². The summed E-state index contributed by atoms with van der Waals surface area (Å²) in [5, 5.41) is 14.9. The zero-order valence-corrected chi connectivity index (χ0v) is 11.7. The Balaban J connectivity index is 2.27. The third-order valence-corrected chi connectivity index (χ3v) is 4.68. The molecule has 16 heavy (non-hydrogen) atoms. The lowest BCUT2D eigenvalue weighted by atomic mass is 10.0. The Morgan fingerprint density at radius 2 is 2.38 bits per heavy atom. The highest BCUT2D eigenvalue weighted by Gasteiger charge is 2.21. The van der Waals surface area contributed by atoms with Crippen molar-refractivity contribution in [1.82, 2.24) is 5.32 Å². The minimum absolute atomic E-state index is 0.125. The first kappa shape index (κ1) is 14.0. The van der Waals surface area contributed by atoms with Gasteiger partial charge in [0.15, 0.2) is 0 Å². The highest BCUT2D eigenvalue weighted by molar-refractivity contribution is 8.01. The normalized spacial score (nSPS) is 14.9. The smallest absolute Gasteiger partial charge is 0.0610 e.